The summed E-state index contributed by atoms with van der Waals surface area (Å²) in [5.41, 5.74) is 0.582. The highest BCUT2D eigenvalue weighted by molar-refractivity contribution is 5.94. The zero-order valence-electron chi connectivity index (χ0n) is 14.8. The molecule has 140 valence electrons. The zero-order valence-corrected chi connectivity index (χ0v) is 15.6. The van der Waals surface area contributed by atoms with Crippen LogP contribution in [0.5, 0.6) is 11.5 Å². The van der Waals surface area contributed by atoms with Crippen molar-refractivity contribution in [1.29, 1.82) is 0 Å². The number of ether oxygens (including phenoxy) is 2. The first kappa shape index (κ1) is 21.3. The molecule has 1 aliphatic heterocycles. The third kappa shape index (κ3) is 6.92. The molecule has 0 radical (unpaired) electrons. The molecule has 1 aromatic rings. The SMILES string of the molecule is COc1cc(C(C)=O)ccc1OCCCC(=O)NCC1CCCN1.Cl. The Morgan fingerprint density at radius 2 is 2.12 bits per heavy atom. The molecule has 0 spiro atoms. The van der Waals surface area contributed by atoms with E-state index in [1.165, 1.54) is 20.5 Å². The fourth-order valence-corrected chi connectivity index (χ4v) is 2.68. The van der Waals surface area contributed by atoms with Crippen molar-refractivity contribution in [2.75, 3.05) is 26.8 Å². The first-order chi connectivity index (χ1) is 11.6. The van der Waals surface area contributed by atoms with E-state index in [1.807, 2.05) is 0 Å². The van der Waals surface area contributed by atoms with Gasteiger partial charge >= 0.3 is 0 Å². The molecule has 1 fully saturated rings. The lowest BCUT2D eigenvalue weighted by atomic mass is 10.1. The van der Waals surface area contributed by atoms with Gasteiger partial charge in [0.15, 0.2) is 17.3 Å². The topological polar surface area (TPSA) is 76.7 Å². The minimum atomic E-state index is -0.0201. The predicted octanol–water partition coefficient (Wildman–Crippen LogP) is 2.35. The van der Waals surface area contributed by atoms with Crippen LogP contribution in [0.15, 0.2) is 18.2 Å². The summed E-state index contributed by atoms with van der Waals surface area (Å²) in [6, 6.07) is 5.51. The van der Waals surface area contributed by atoms with Crippen molar-refractivity contribution in [2.45, 2.75) is 38.6 Å². The molecular formula is C18H27ClN2O4. The second kappa shape index (κ2) is 10.9. The molecular weight excluding hydrogens is 344 g/mol. The van der Waals surface area contributed by atoms with Crippen LogP contribution in [0.1, 0.15) is 43.0 Å². The highest BCUT2D eigenvalue weighted by Gasteiger charge is 2.14. The Kier molecular flexibility index (Phi) is 9.31. The molecule has 0 bridgehead atoms. The number of Topliss-reactive ketones (excluding diaryl/α,β-unsaturated/α-hetero) is 1. The zero-order chi connectivity index (χ0) is 17.4. The van der Waals surface area contributed by atoms with Crippen molar-refractivity contribution in [2.24, 2.45) is 0 Å². The van der Waals surface area contributed by atoms with Crippen LogP contribution in [-0.2, 0) is 4.79 Å². The van der Waals surface area contributed by atoms with Crippen molar-refractivity contribution in [3.63, 3.8) is 0 Å². The van der Waals surface area contributed by atoms with Crippen molar-refractivity contribution in [3.8, 4) is 11.5 Å². The minimum Gasteiger partial charge on any atom is -0.493 e. The summed E-state index contributed by atoms with van der Waals surface area (Å²) < 4.78 is 10.9. The fraction of sp³-hybridized carbons (Fsp3) is 0.556. The molecule has 2 N–H and O–H groups in total. The predicted molar refractivity (Wildman–Crippen MR) is 99.0 cm³/mol. The van der Waals surface area contributed by atoms with Crippen LogP contribution in [0.3, 0.4) is 0 Å². The molecule has 7 heteroatoms. The number of ketones is 1. The Bertz CT molecular complexity index is 574. The molecule has 0 saturated carbocycles. The second-order valence-corrected chi connectivity index (χ2v) is 5.97. The first-order valence-electron chi connectivity index (χ1n) is 8.42. The Morgan fingerprint density at radius 3 is 2.76 bits per heavy atom. The number of hydrogen-bond donors (Lipinski definition) is 2. The van der Waals surface area contributed by atoms with Crippen molar-refractivity contribution in [1.82, 2.24) is 10.6 Å². The summed E-state index contributed by atoms with van der Waals surface area (Å²) in [5.74, 6) is 1.14. The number of benzene rings is 1. The van der Waals surface area contributed by atoms with Crippen LogP contribution in [0, 0.1) is 0 Å². The Labute approximate surface area is 155 Å². The third-order valence-corrected chi connectivity index (χ3v) is 4.08. The maximum atomic E-state index is 11.8. The van der Waals surface area contributed by atoms with Crippen LogP contribution in [-0.4, -0.2) is 44.5 Å². The standard InChI is InChI=1S/C18H26N2O4.ClH/c1-13(21)14-7-8-16(17(11-14)23-2)24-10-4-6-18(22)20-12-15-5-3-9-19-15;/h7-8,11,15,19H,3-6,9-10,12H2,1-2H3,(H,20,22);1H. The van der Waals surface area contributed by atoms with Gasteiger partial charge in [-0.05, 0) is 50.9 Å². The van der Waals surface area contributed by atoms with Gasteiger partial charge in [0, 0.05) is 24.6 Å². The molecule has 25 heavy (non-hydrogen) atoms. The summed E-state index contributed by atoms with van der Waals surface area (Å²) >= 11 is 0. The average Bonchev–Trinajstić information content (AvgIpc) is 3.10. The van der Waals surface area contributed by atoms with Gasteiger partial charge in [0.05, 0.1) is 13.7 Å². The van der Waals surface area contributed by atoms with Crippen LogP contribution in [0.25, 0.3) is 0 Å². The molecule has 1 aromatic carbocycles. The van der Waals surface area contributed by atoms with E-state index in [2.05, 4.69) is 10.6 Å². The molecule has 2 rings (SSSR count). The highest BCUT2D eigenvalue weighted by atomic mass is 35.5. The maximum absolute atomic E-state index is 11.8. The highest BCUT2D eigenvalue weighted by Crippen LogP contribution is 2.28. The van der Waals surface area contributed by atoms with E-state index in [-0.39, 0.29) is 24.1 Å². The lowest BCUT2D eigenvalue weighted by molar-refractivity contribution is -0.121. The van der Waals surface area contributed by atoms with E-state index in [0.29, 0.717) is 49.1 Å². The smallest absolute Gasteiger partial charge is 0.220 e. The van der Waals surface area contributed by atoms with Gasteiger partial charge in [-0.1, -0.05) is 0 Å². The Balaban J connectivity index is 0.00000312. The molecule has 1 amide bonds. The van der Waals surface area contributed by atoms with Gasteiger partial charge < -0.3 is 20.1 Å². The molecule has 6 nitrogen and oxygen atoms in total. The number of methoxy groups -OCH3 is 1. The Hall–Kier alpha value is -1.79. The minimum absolute atomic E-state index is 0. The molecule has 1 saturated heterocycles. The molecule has 0 aromatic heterocycles. The first-order valence-corrected chi connectivity index (χ1v) is 8.42. The number of hydrogen-bond acceptors (Lipinski definition) is 5. The van der Waals surface area contributed by atoms with Gasteiger partial charge in [-0.25, -0.2) is 0 Å². The molecule has 1 heterocycles. The largest absolute Gasteiger partial charge is 0.493 e. The van der Waals surface area contributed by atoms with Gasteiger partial charge in [-0.15, -0.1) is 12.4 Å². The summed E-state index contributed by atoms with van der Waals surface area (Å²) in [5, 5.41) is 6.30. The summed E-state index contributed by atoms with van der Waals surface area (Å²) in [6.07, 6.45) is 3.36. The maximum Gasteiger partial charge on any atom is 0.220 e. The van der Waals surface area contributed by atoms with Gasteiger partial charge in [-0.2, -0.15) is 0 Å². The second-order valence-electron chi connectivity index (χ2n) is 5.97. The summed E-state index contributed by atoms with van der Waals surface area (Å²) in [4.78, 5) is 23.2. The quantitative estimate of drug-likeness (QED) is 0.515. The monoisotopic (exact) mass is 370 g/mol. The van der Waals surface area contributed by atoms with Crippen LogP contribution >= 0.6 is 12.4 Å². The Morgan fingerprint density at radius 1 is 1.32 bits per heavy atom. The molecule has 1 unspecified atom stereocenters. The van der Waals surface area contributed by atoms with Crippen LogP contribution < -0.4 is 20.1 Å². The van der Waals surface area contributed by atoms with E-state index in [0.717, 1.165) is 13.0 Å². The van der Waals surface area contributed by atoms with E-state index in [4.69, 9.17) is 9.47 Å². The number of amides is 1. The number of carbonyl (C=O) groups is 2. The van der Waals surface area contributed by atoms with E-state index in [9.17, 15) is 9.59 Å². The molecule has 1 aliphatic rings. The molecule has 1 atom stereocenters. The van der Waals surface area contributed by atoms with Crippen molar-refractivity contribution in [3.05, 3.63) is 23.8 Å². The number of halogens is 1. The van der Waals surface area contributed by atoms with Crippen LogP contribution in [0.4, 0.5) is 0 Å². The van der Waals surface area contributed by atoms with Crippen LogP contribution in [0.2, 0.25) is 0 Å². The number of carbonyl (C=O) groups excluding carboxylic acids is 2. The lowest BCUT2D eigenvalue weighted by Crippen LogP contribution is -2.37. The van der Waals surface area contributed by atoms with Gasteiger partial charge in [0.1, 0.15) is 0 Å². The normalized spacial score (nSPS) is 16.0. The van der Waals surface area contributed by atoms with E-state index in [1.54, 1.807) is 18.2 Å². The van der Waals surface area contributed by atoms with E-state index < -0.39 is 0 Å². The van der Waals surface area contributed by atoms with E-state index >= 15 is 0 Å². The summed E-state index contributed by atoms with van der Waals surface area (Å²) in [7, 11) is 1.54. The molecule has 0 aliphatic carbocycles. The lowest BCUT2D eigenvalue weighted by Gasteiger charge is -2.13. The fourth-order valence-electron chi connectivity index (χ4n) is 2.68. The van der Waals surface area contributed by atoms with Gasteiger partial charge in [-0.3, -0.25) is 9.59 Å². The summed E-state index contributed by atoms with van der Waals surface area (Å²) in [6.45, 7) is 3.67. The van der Waals surface area contributed by atoms with Crippen molar-refractivity contribution < 1.29 is 19.1 Å². The number of rotatable bonds is 9. The van der Waals surface area contributed by atoms with Crippen molar-refractivity contribution >= 4 is 24.1 Å². The number of nitrogens with one attached hydrogen (secondary N) is 2. The van der Waals surface area contributed by atoms with Gasteiger partial charge in [0.2, 0.25) is 5.91 Å². The average molecular weight is 371 g/mol. The van der Waals surface area contributed by atoms with Gasteiger partial charge in [0.25, 0.3) is 0 Å². The third-order valence-electron chi connectivity index (χ3n) is 4.08.